The van der Waals surface area contributed by atoms with Crippen LogP contribution in [0, 0.1) is 0 Å². The lowest BCUT2D eigenvalue weighted by Gasteiger charge is -2.19. The molecule has 21 heavy (non-hydrogen) atoms. The van der Waals surface area contributed by atoms with Crippen molar-refractivity contribution in [2.24, 2.45) is 0 Å². The summed E-state index contributed by atoms with van der Waals surface area (Å²) in [6.07, 6.45) is 0.925. The van der Waals surface area contributed by atoms with Crippen molar-refractivity contribution < 1.29 is 4.74 Å². The number of ether oxygens (including phenoxy) is 1. The van der Waals surface area contributed by atoms with Crippen molar-refractivity contribution in [1.82, 2.24) is 5.32 Å². The van der Waals surface area contributed by atoms with Gasteiger partial charge in [-0.1, -0.05) is 50.9 Å². The van der Waals surface area contributed by atoms with Crippen LogP contribution in [0.25, 0.3) is 0 Å². The molecule has 2 rings (SSSR count). The molecule has 0 saturated carbocycles. The summed E-state index contributed by atoms with van der Waals surface area (Å²) in [5, 5.41) is 3.56. The van der Waals surface area contributed by atoms with Gasteiger partial charge in [0.2, 0.25) is 0 Å². The molecule has 0 heterocycles. The fraction of sp³-hybridized carbons (Fsp3) is 0.294. The maximum atomic E-state index is 5.30. The van der Waals surface area contributed by atoms with Gasteiger partial charge in [-0.3, -0.25) is 0 Å². The third-order valence-corrected chi connectivity index (χ3v) is 4.23. The minimum absolute atomic E-state index is 0.274. The molecule has 0 amide bonds. The molecule has 0 aromatic heterocycles. The van der Waals surface area contributed by atoms with Gasteiger partial charge in [-0.25, -0.2) is 0 Å². The zero-order valence-corrected chi connectivity index (χ0v) is 15.4. The average Bonchev–Trinajstić information content (AvgIpc) is 2.46. The third-order valence-electron chi connectivity index (χ3n) is 3.31. The molecular weight excluding hydrogens is 394 g/mol. The normalized spacial score (nSPS) is 12.2. The summed E-state index contributed by atoms with van der Waals surface area (Å²) in [6, 6.07) is 14.9. The molecule has 112 valence electrons. The summed E-state index contributed by atoms with van der Waals surface area (Å²) in [6.45, 7) is 3.06. The van der Waals surface area contributed by atoms with Crippen LogP contribution in [0.5, 0.6) is 5.75 Å². The van der Waals surface area contributed by atoms with Crippen LogP contribution in [0.1, 0.15) is 24.1 Å². The van der Waals surface area contributed by atoms with Crippen molar-refractivity contribution >= 4 is 31.9 Å². The molecule has 1 unspecified atom stereocenters. The molecule has 1 N–H and O–H groups in total. The van der Waals surface area contributed by atoms with Crippen LogP contribution in [0.3, 0.4) is 0 Å². The van der Waals surface area contributed by atoms with Crippen LogP contribution in [-0.4, -0.2) is 13.7 Å². The lowest BCUT2D eigenvalue weighted by molar-refractivity contribution is 0.414. The van der Waals surface area contributed by atoms with Gasteiger partial charge in [0, 0.05) is 15.0 Å². The highest BCUT2D eigenvalue weighted by molar-refractivity contribution is 9.11. The first-order valence-electron chi connectivity index (χ1n) is 6.94. The second kappa shape index (κ2) is 7.97. The molecule has 2 aromatic carbocycles. The molecule has 0 spiro atoms. The molecule has 0 aliphatic rings. The summed E-state index contributed by atoms with van der Waals surface area (Å²) in [4.78, 5) is 0. The van der Waals surface area contributed by atoms with Gasteiger partial charge >= 0.3 is 0 Å². The maximum absolute atomic E-state index is 5.30. The Morgan fingerprint density at radius 2 is 1.81 bits per heavy atom. The quantitative estimate of drug-likeness (QED) is 0.711. The van der Waals surface area contributed by atoms with Crippen LogP contribution in [0.2, 0.25) is 0 Å². The minimum Gasteiger partial charge on any atom is -0.497 e. The van der Waals surface area contributed by atoms with E-state index in [2.05, 4.69) is 74.4 Å². The Morgan fingerprint density at radius 1 is 1.10 bits per heavy atom. The summed E-state index contributed by atoms with van der Waals surface area (Å²) < 4.78 is 7.47. The van der Waals surface area contributed by atoms with Gasteiger partial charge < -0.3 is 10.1 Å². The third kappa shape index (κ3) is 4.83. The second-order valence-electron chi connectivity index (χ2n) is 4.87. The highest BCUT2D eigenvalue weighted by Gasteiger charge is 2.13. The van der Waals surface area contributed by atoms with E-state index in [1.807, 2.05) is 12.1 Å². The zero-order chi connectivity index (χ0) is 15.2. The Labute approximate surface area is 143 Å². The standard InChI is InChI=1S/C17H19Br2NO/c1-3-20-17(13-9-14(18)11-15(19)10-13)8-12-5-4-6-16(7-12)21-2/h4-7,9-11,17,20H,3,8H2,1-2H3. The number of hydrogen-bond donors (Lipinski definition) is 1. The molecule has 0 bridgehead atoms. The summed E-state index contributed by atoms with van der Waals surface area (Å²) >= 11 is 7.13. The van der Waals surface area contributed by atoms with E-state index in [0.717, 1.165) is 27.7 Å². The lowest BCUT2D eigenvalue weighted by atomic mass is 9.98. The first-order chi connectivity index (χ1) is 10.1. The Hall–Kier alpha value is -0.840. The zero-order valence-electron chi connectivity index (χ0n) is 12.2. The maximum Gasteiger partial charge on any atom is 0.119 e. The highest BCUT2D eigenvalue weighted by atomic mass is 79.9. The largest absolute Gasteiger partial charge is 0.497 e. The number of hydrogen-bond acceptors (Lipinski definition) is 2. The van der Waals surface area contributed by atoms with E-state index in [9.17, 15) is 0 Å². The molecule has 4 heteroatoms. The molecule has 0 fully saturated rings. The van der Waals surface area contributed by atoms with Crippen molar-refractivity contribution in [3.63, 3.8) is 0 Å². The monoisotopic (exact) mass is 411 g/mol. The van der Waals surface area contributed by atoms with E-state index in [4.69, 9.17) is 4.74 Å². The number of halogens is 2. The van der Waals surface area contributed by atoms with E-state index < -0.39 is 0 Å². The topological polar surface area (TPSA) is 21.3 Å². The van der Waals surface area contributed by atoms with Crippen LogP contribution >= 0.6 is 31.9 Å². The molecule has 0 saturated heterocycles. The van der Waals surface area contributed by atoms with Gasteiger partial charge in [0.25, 0.3) is 0 Å². The van der Waals surface area contributed by atoms with Gasteiger partial charge in [-0.2, -0.15) is 0 Å². The fourth-order valence-electron chi connectivity index (χ4n) is 2.37. The molecule has 0 aliphatic carbocycles. The molecule has 2 nitrogen and oxygen atoms in total. The number of rotatable bonds is 6. The molecule has 1 atom stereocenters. The van der Waals surface area contributed by atoms with Crippen molar-refractivity contribution in [2.75, 3.05) is 13.7 Å². The van der Waals surface area contributed by atoms with Crippen LogP contribution < -0.4 is 10.1 Å². The molecule has 2 aromatic rings. The number of nitrogens with one attached hydrogen (secondary N) is 1. The predicted molar refractivity (Wildman–Crippen MR) is 95.0 cm³/mol. The van der Waals surface area contributed by atoms with Crippen molar-refractivity contribution in [2.45, 2.75) is 19.4 Å². The Morgan fingerprint density at radius 3 is 2.43 bits per heavy atom. The van der Waals surface area contributed by atoms with Crippen molar-refractivity contribution in [3.05, 3.63) is 62.5 Å². The van der Waals surface area contributed by atoms with Gasteiger partial charge in [-0.05, 0) is 54.4 Å². The van der Waals surface area contributed by atoms with E-state index >= 15 is 0 Å². The summed E-state index contributed by atoms with van der Waals surface area (Å²) in [5.74, 6) is 0.901. The first-order valence-corrected chi connectivity index (χ1v) is 8.53. The fourth-order valence-corrected chi connectivity index (χ4v) is 3.69. The van der Waals surface area contributed by atoms with Crippen LogP contribution in [-0.2, 0) is 6.42 Å². The van der Waals surface area contributed by atoms with Crippen LogP contribution in [0.15, 0.2) is 51.4 Å². The van der Waals surface area contributed by atoms with Gasteiger partial charge in [0.1, 0.15) is 5.75 Å². The smallest absolute Gasteiger partial charge is 0.119 e. The van der Waals surface area contributed by atoms with E-state index in [1.165, 1.54) is 11.1 Å². The number of likely N-dealkylation sites (N-methyl/N-ethyl adjacent to an activating group) is 1. The van der Waals surface area contributed by atoms with Crippen molar-refractivity contribution in [3.8, 4) is 5.75 Å². The predicted octanol–water partition coefficient (Wildman–Crippen LogP) is 5.11. The molecular formula is C17H19Br2NO. The van der Waals surface area contributed by atoms with Crippen molar-refractivity contribution in [1.29, 1.82) is 0 Å². The molecule has 0 radical (unpaired) electrons. The Bertz CT molecular complexity index is 581. The molecule has 0 aliphatic heterocycles. The summed E-state index contributed by atoms with van der Waals surface area (Å²) in [7, 11) is 1.70. The van der Waals surface area contributed by atoms with Gasteiger partial charge in [0.05, 0.1) is 7.11 Å². The van der Waals surface area contributed by atoms with Gasteiger partial charge in [-0.15, -0.1) is 0 Å². The van der Waals surface area contributed by atoms with Crippen LogP contribution in [0.4, 0.5) is 0 Å². The first kappa shape index (κ1) is 16.5. The average molecular weight is 413 g/mol. The van der Waals surface area contributed by atoms with E-state index in [1.54, 1.807) is 7.11 Å². The Balaban J connectivity index is 2.25. The minimum atomic E-state index is 0.274. The highest BCUT2D eigenvalue weighted by Crippen LogP contribution is 2.27. The number of benzene rings is 2. The van der Waals surface area contributed by atoms with Gasteiger partial charge in [0.15, 0.2) is 0 Å². The van der Waals surface area contributed by atoms with E-state index in [-0.39, 0.29) is 6.04 Å². The Kier molecular flexibility index (Phi) is 6.27. The second-order valence-corrected chi connectivity index (χ2v) is 6.70. The lowest BCUT2D eigenvalue weighted by Crippen LogP contribution is -2.23. The number of methoxy groups -OCH3 is 1. The van der Waals surface area contributed by atoms with E-state index in [0.29, 0.717) is 0 Å². The SMILES string of the molecule is CCNC(Cc1cccc(OC)c1)c1cc(Br)cc(Br)c1. The summed E-state index contributed by atoms with van der Waals surface area (Å²) in [5.41, 5.74) is 2.53.